The Morgan fingerprint density at radius 3 is 2.56 bits per heavy atom. The largest absolute Gasteiger partial charge is 0.397 e. The number of aromatic nitrogens is 3. The van der Waals surface area contributed by atoms with Crippen molar-refractivity contribution in [3.05, 3.63) is 66.2 Å². The molecule has 2 aromatic carbocycles. The van der Waals surface area contributed by atoms with Crippen molar-refractivity contribution in [3.8, 4) is 11.3 Å². The van der Waals surface area contributed by atoms with Gasteiger partial charge in [0.05, 0.1) is 46.4 Å². The second kappa shape index (κ2) is 11.1. The van der Waals surface area contributed by atoms with Gasteiger partial charge in [-0.3, -0.25) is 14.6 Å². The Balaban J connectivity index is 0.00000180. The van der Waals surface area contributed by atoms with Gasteiger partial charge in [-0.15, -0.1) is 24.8 Å². The highest BCUT2D eigenvalue weighted by molar-refractivity contribution is 6.02. The number of nitrogens with one attached hydrogen (secondary N) is 1. The molecule has 2 amide bonds. The zero-order valence-electron chi connectivity index (χ0n) is 19.6. The van der Waals surface area contributed by atoms with Crippen LogP contribution in [0.3, 0.4) is 0 Å². The molecule has 0 radical (unpaired) electrons. The number of piperidine rings is 1. The van der Waals surface area contributed by atoms with Gasteiger partial charge in [-0.25, -0.2) is 9.18 Å². The van der Waals surface area contributed by atoms with Crippen molar-refractivity contribution in [2.45, 2.75) is 25.8 Å². The Morgan fingerprint density at radius 2 is 1.89 bits per heavy atom. The number of pyridine rings is 1. The van der Waals surface area contributed by atoms with E-state index in [2.05, 4.69) is 10.3 Å². The number of hydrogen-bond donors (Lipinski definition) is 3. The molecule has 1 aliphatic rings. The standard InChI is InChI=1S/C25H26FN7O.2ClH/c1-15-3-2-4-18(11-15)32(25(28)34)21-6-5-16(12-19(21)26)24-23-20(27)13-30-14-22(23)33(31-24)17-7-9-29-10-8-17;;/h2-6,11-14,17,29H,7-10,27H2,1H3,(H2,28,34);2*1H. The van der Waals surface area contributed by atoms with Crippen molar-refractivity contribution in [1.29, 1.82) is 0 Å². The lowest BCUT2D eigenvalue weighted by Gasteiger charge is -2.23. The van der Waals surface area contributed by atoms with E-state index >= 15 is 4.39 Å². The Bertz CT molecular complexity index is 1390. The molecule has 4 aromatic rings. The number of urea groups is 1. The van der Waals surface area contributed by atoms with Crippen LogP contribution in [0.25, 0.3) is 22.2 Å². The van der Waals surface area contributed by atoms with E-state index in [0.29, 0.717) is 22.6 Å². The van der Waals surface area contributed by atoms with Gasteiger partial charge in [-0.1, -0.05) is 18.2 Å². The third-order valence-corrected chi connectivity index (χ3v) is 6.24. The molecule has 0 atom stereocenters. The maximum absolute atomic E-state index is 15.5. The molecule has 190 valence electrons. The zero-order chi connectivity index (χ0) is 23.8. The second-order valence-electron chi connectivity index (χ2n) is 8.58. The fraction of sp³-hybridized carbons (Fsp3) is 0.240. The lowest BCUT2D eigenvalue weighted by molar-refractivity contribution is 0.256. The summed E-state index contributed by atoms with van der Waals surface area (Å²) in [7, 11) is 0. The summed E-state index contributed by atoms with van der Waals surface area (Å²) in [5, 5.41) is 8.96. The van der Waals surface area contributed by atoms with Gasteiger partial charge in [0.2, 0.25) is 0 Å². The van der Waals surface area contributed by atoms with Crippen molar-refractivity contribution in [2.75, 3.05) is 23.7 Å². The van der Waals surface area contributed by atoms with Crippen LogP contribution in [0.5, 0.6) is 0 Å². The number of rotatable bonds is 4. The quantitative estimate of drug-likeness (QED) is 0.338. The molecule has 0 unspecified atom stereocenters. The van der Waals surface area contributed by atoms with Crippen LogP contribution in [0.15, 0.2) is 54.9 Å². The van der Waals surface area contributed by atoms with Crippen molar-refractivity contribution in [3.63, 3.8) is 0 Å². The number of benzene rings is 2. The highest BCUT2D eigenvalue weighted by Crippen LogP contribution is 2.37. The number of nitrogens with two attached hydrogens (primary N) is 2. The van der Waals surface area contributed by atoms with Gasteiger partial charge in [0, 0.05) is 5.56 Å². The van der Waals surface area contributed by atoms with Crippen LogP contribution in [0.2, 0.25) is 0 Å². The van der Waals surface area contributed by atoms with Gasteiger partial charge < -0.3 is 16.8 Å². The number of nitrogen functional groups attached to an aromatic ring is 1. The summed E-state index contributed by atoms with van der Waals surface area (Å²) >= 11 is 0. The average Bonchev–Trinajstić information content (AvgIpc) is 3.22. The summed E-state index contributed by atoms with van der Waals surface area (Å²) in [5.74, 6) is -0.588. The van der Waals surface area contributed by atoms with Gasteiger partial charge >= 0.3 is 6.03 Å². The number of aryl methyl sites for hydroxylation is 1. The molecule has 3 heterocycles. The molecule has 2 aromatic heterocycles. The minimum absolute atomic E-state index is 0. The fourth-order valence-corrected chi connectivity index (χ4v) is 4.63. The van der Waals surface area contributed by atoms with Gasteiger partial charge in [-0.2, -0.15) is 5.10 Å². The highest BCUT2D eigenvalue weighted by Gasteiger charge is 2.24. The first kappa shape index (κ1) is 27.2. The van der Waals surface area contributed by atoms with Crippen LogP contribution in [-0.4, -0.2) is 33.9 Å². The van der Waals surface area contributed by atoms with E-state index in [-0.39, 0.29) is 36.5 Å². The Morgan fingerprint density at radius 1 is 1.14 bits per heavy atom. The van der Waals surface area contributed by atoms with E-state index in [1.807, 2.05) is 17.7 Å². The third kappa shape index (κ3) is 4.95. The maximum Gasteiger partial charge on any atom is 0.323 e. The number of carbonyl (C=O) groups excluding carboxylic acids is 1. The molecule has 1 saturated heterocycles. The Kier molecular flexibility index (Phi) is 8.39. The Hall–Kier alpha value is -3.40. The fourth-order valence-electron chi connectivity index (χ4n) is 4.63. The minimum Gasteiger partial charge on any atom is -0.397 e. The van der Waals surface area contributed by atoms with Crippen LogP contribution in [-0.2, 0) is 0 Å². The number of amides is 2. The van der Waals surface area contributed by atoms with Gasteiger partial charge in [0.25, 0.3) is 0 Å². The molecule has 0 aliphatic carbocycles. The SMILES string of the molecule is Cc1cccc(N(C(N)=O)c2ccc(-c3nn(C4CCNCC4)c4cncc(N)c34)cc2F)c1.Cl.Cl. The molecule has 0 bridgehead atoms. The van der Waals surface area contributed by atoms with E-state index < -0.39 is 11.8 Å². The van der Waals surface area contributed by atoms with Crippen molar-refractivity contribution < 1.29 is 9.18 Å². The monoisotopic (exact) mass is 531 g/mol. The van der Waals surface area contributed by atoms with Crippen LogP contribution in [0.4, 0.5) is 26.2 Å². The molecule has 0 saturated carbocycles. The molecule has 1 fully saturated rings. The van der Waals surface area contributed by atoms with Crippen LogP contribution < -0.4 is 21.7 Å². The first-order valence-electron chi connectivity index (χ1n) is 11.2. The summed E-state index contributed by atoms with van der Waals surface area (Å²) in [6, 6.07) is 11.3. The number of primary amides is 1. The summed E-state index contributed by atoms with van der Waals surface area (Å²) < 4.78 is 17.4. The molecule has 11 heteroatoms. The smallest absolute Gasteiger partial charge is 0.323 e. The molecule has 36 heavy (non-hydrogen) atoms. The zero-order valence-corrected chi connectivity index (χ0v) is 21.3. The lowest BCUT2D eigenvalue weighted by Crippen LogP contribution is -2.32. The second-order valence-corrected chi connectivity index (χ2v) is 8.58. The average molecular weight is 532 g/mol. The van der Waals surface area contributed by atoms with Crippen molar-refractivity contribution >= 4 is 58.8 Å². The summed E-state index contributed by atoms with van der Waals surface area (Å²) in [4.78, 5) is 17.7. The number of carbonyl (C=O) groups is 1. The van der Waals surface area contributed by atoms with Crippen molar-refractivity contribution in [2.24, 2.45) is 5.73 Å². The van der Waals surface area contributed by atoms with Gasteiger partial charge in [-0.05, 0) is 62.7 Å². The molecule has 5 N–H and O–H groups in total. The summed E-state index contributed by atoms with van der Waals surface area (Å²) in [5.41, 5.74) is 15.9. The summed E-state index contributed by atoms with van der Waals surface area (Å²) in [6.45, 7) is 3.70. The first-order valence-corrected chi connectivity index (χ1v) is 11.2. The maximum atomic E-state index is 15.5. The van der Waals surface area contributed by atoms with E-state index in [9.17, 15) is 4.79 Å². The highest BCUT2D eigenvalue weighted by atomic mass is 35.5. The molecular weight excluding hydrogens is 504 g/mol. The molecular formula is C25H28Cl2FN7O. The molecule has 1 aliphatic heterocycles. The first-order chi connectivity index (χ1) is 16.4. The molecule has 0 spiro atoms. The third-order valence-electron chi connectivity index (χ3n) is 6.24. The normalized spacial score (nSPS) is 13.6. The Labute approximate surface area is 220 Å². The number of halogens is 3. The number of hydrogen-bond acceptors (Lipinski definition) is 5. The predicted molar refractivity (Wildman–Crippen MR) is 146 cm³/mol. The van der Waals surface area contributed by atoms with Gasteiger partial charge in [0.1, 0.15) is 11.5 Å². The number of nitrogens with zero attached hydrogens (tertiary/aromatic N) is 4. The molecule has 8 nitrogen and oxygen atoms in total. The number of anilines is 3. The van der Waals surface area contributed by atoms with E-state index in [0.717, 1.165) is 47.3 Å². The van der Waals surface area contributed by atoms with E-state index in [1.165, 1.54) is 6.07 Å². The van der Waals surface area contributed by atoms with Crippen LogP contribution >= 0.6 is 24.8 Å². The predicted octanol–water partition coefficient (Wildman–Crippen LogP) is 5.11. The van der Waals surface area contributed by atoms with Gasteiger partial charge in [0.15, 0.2) is 0 Å². The minimum atomic E-state index is -0.770. The van der Waals surface area contributed by atoms with Crippen LogP contribution in [0.1, 0.15) is 24.4 Å². The topological polar surface area (TPSA) is 115 Å². The molecule has 5 rings (SSSR count). The lowest BCUT2D eigenvalue weighted by atomic mass is 10.1. The van der Waals surface area contributed by atoms with E-state index in [1.54, 1.807) is 42.7 Å². The summed E-state index contributed by atoms with van der Waals surface area (Å²) in [6.07, 6.45) is 5.20. The van der Waals surface area contributed by atoms with Crippen LogP contribution in [0, 0.1) is 12.7 Å². The van der Waals surface area contributed by atoms with E-state index in [4.69, 9.17) is 16.6 Å². The van der Waals surface area contributed by atoms with Crippen molar-refractivity contribution in [1.82, 2.24) is 20.1 Å². The number of fused-ring (bicyclic) bond motifs is 1.